The van der Waals surface area contributed by atoms with Gasteiger partial charge in [-0.2, -0.15) is 13.2 Å². The summed E-state index contributed by atoms with van der Waals surface area (Å²) in [5.74, 6) is -1.70. The maximum Gasteiger partial charge on any atom is 0.502 e. The first-order valence-corrected chi connectivity index (χ1v) is 9.51. The Morgan fingerprint density at radius 2 is 1.48 bits per heavy atom. The molecule has 11 heteroatoms. The Morgan fingerprint density at radius 3 is 2.00 bits per heavy atom. The highest BCUT2D eigenvalue weighted by Gasteiger charge is 2.48. The van der Waals surface area contributed by atoms with E-state index in [0.29, 0.717) is 12.1 Å². The summed E-state index contributed by atoms with van der Waals surface area (Å²) in [6, 6.07) is 7.13. The summed E-state index contributed by atoms with van der Waals surface area (Å²) < 4.78 is 101. The molecule has 0 aromatic heterocycles. The lowest BCUT2D eigenvalue weighted by Gasteiger charge is -2.12. The van der Waals surface area contributed by atoms with E-state index >= 15 is 0 Å². The van der Waals surface area contributed by atoms with Gasteiger partial charge in [0.2, 0.25) is 0 Å². The first-order valence-electron chi connectivity index (χ1n) is 6.55. The van der Waals surface area contributed by atoms with Gasteiger partial charge >= 0.3 is 5.51 Å². The van der Waals surface area contributed by atoms with Gasteiger partial charge < -0.3 is 0 Å². The molecule has 0 radical (unpaired) electrons. The zero-order valence-corrected chi connectivity index (χ0v) is 14.1. The van der Waals surface area contributed by atoms with E-state index in [4.69, 9.17) is 0 Å². The van der Waals surface area contributed by atoms with Crippen LogP contribution in [0.5, 0.6) is 0 Å². The molecule has 5 nitrogen and oxygen atoms in total. The van der Waals surface area contributed by atoms with Crippen molar-refractivity contribution in [1.82, 2.24) is 0 Å². The van der Waals surface area contributed by atoms with Crippen LogP contribution in [0.25, 0.3) is 0 Å². The molecule has 136 valence electrons. The van der Waals surface area contributed by atoms with E-state index < -0.39 is 41.0 Å². The number of hydrogen-bond donors (Lipinski definition) is 1. The van der Waals surface area contributed by atoms with Gasteiger partial charge in [0.1, 0.15) is 10.7 Å². The topological polar surface area (TPSA) is 80.3 Å². The number of anilines is 1. The summed E-state index contributed by atoms with van der Waals surface area (Å²) in [5, 5.41) is 0. The standard InChI is InChI=1S/C14H11F4NO4S2/c1-9-2-4-10(5-3-9)19-25(22,23)11-6-7-12(15)13(8-11)24(20,21)14(16,17)18/h2-8,19H,1H3. The Morgan fingerprint density at radius 1 is 0.920 bits per heavy atom. The molecule has 2 rings (SSSR count). The van der Waals surface area contributed by atoms with Gasteiger partial charge in [0.15, 0.2) is 0 Å². The van der Waals surface area contributed by atoms with Crippen molar-refractivity contribution >= 4 is 25.5 Å². The molecular weight excluding hydrogens is 386 g/mol. The molecule has 1 N–H and O–H groups in total. The van der Waals surface area contributed by atoms with Crippen LogP contribution >= 0.6 is 0 Å². The lowest BCUT2D eigenvalue weighted by Crippen LogP contribution is -2.25. The van der Waals surface area contributed by atoms with Crippen molar-refractivity contribution in [3.63, 3.8) is 0 Å². The number of benzene rings is 2. The van der Waals surface area contributed by atoms with Crippen molar-refractivity contribution in [3.8, 4) is 0 Å². The van der Waals surface area contributed by atoms with Crippen LogP contribution in [0.2, 0.25) is 0 Å². The molecule has 0 saturated heterocycles. The Balaban J connectivity index is 2.50. The van der Waals surface area contributed by atoms with Crippen LogP contribution < -0.4 is 4.72 Å². The highest BCUT2D eigenvalue weighted by Crippen LogP contribution is 2.33. The number of rotatable bonds is 4. The molecule has 0 unspecified atom stereocenters. The monoisotopic (exact) mass is 397 g/mol. The van der Waals surface area contributed by atoms with E-state index in [-0.39, 0.29) is 11.8 Å². The second kappa shape index (κ2) is 6.30. The molecule has 2 aromatic carbocycles. The van der Waals surface area contributed by atoms with E-state index in [9.17, 15) is 34.4 Å². The highest BCUT2D eigenvalue weighted by molar-refractivity contribution is 7.93. The first-order chi connectivity index (χ1) is 11.3. The van der Waals surface area contributed by atoms with E-state index in [1.54, 1.807) is 19.1 Å². The Bertz CT molecular complexity index is 998. The quantitative estimate of drug-likeness (QED) is 0.804. The Labute approximate surface area is 141 Å². The Hall–Kier alpha value is -2.14. The molecule has 25 heavy (non-hydrogen) atoms. The minimum atomic E-state index is -6.04. The van der Waals surface area contributed by atoms with Crippen molar-refractivity contribution in [1.29, 1.82) is 0 Å². The fourth-order valence-corrected chi connectivity index (χ4v) is 3.83. The van der Waals surface area contributed by atoms with Gasteiger partial charge in [0.05, 0.1) is 4.90 Å². The molecule has 0 bridgehead atoms. The summed E-state index contributed by atoms with van der Waals surface area (Å²) in [6.07, 6.45) is 0. The fourth-order valence-electron chi connectivity index (χ4n) is 1.82. The number of aryl methyl sites for hydroxylation is 1. The predicted molar refractivity (Wildman–Crippen MR) is 81.6 cm³/mol. The van der Waals surface area contributed by atoms with Crippen LogP contribution in [0.3, 0.4) is 0 Å². The van der Waals surface area contributed by atoms with Gasteiger partial charge in [-0.1, -0.05) is 17.7 Å². The number of alkyl halides is 3. The summed E-state index contributed by atoms with van der Waals surface area (Å²) in [6.45, 7) is 1.76. The second-order valence-electron chi connectivity index (χ2n) is 5.01. The lowest BCUT2D eigenvalue weighted by molar-refractivity contribution is -0.0437. The van der Waals surface area contributed by atoms with Gasteiger partial charge in [-0.3, -0.25) is 4.72 Å². The number of nitrogens with one attached hydrogen (secondary N) is 1. The molecule has 0 saturated carbocycles. The maximum atomic E-state index is 13.6. The van der Waals surface area contributed by atoms with Crippen molar-refractivity contribution < 1.29 is 34.4 Å². The lowest BCUT2D eigenvalue weighted by atomic mass is 10.2. The first kappa shape index (κ1) is 19.2. The van der Waals surface area contributed by atoms with Crippen LogP contribution in [0, 0.1) is 12.7 Å². The summed E-state index contributed by atoms with van der Waals surface area (Å²) in [5.41, 5.74) is -4.82. The zero-order valence-electron chi connectivity index (χ0n) is 12.5. The minimum absolute atomic E-state index is 0.107. The number of hydrogen-bond acceptors (Lipinski definition) is 4. The average molecular weight is 397 g/mol. The number of sulfone groups is 1. The number of halogens is 4. The predicted octanol–water partition coefficient (Wildman–Crippen LogP) is 3.23. The molecule has 0 atom stereocenters. The van der Waals surface area contributed by atoms with Gasteiger partial charge in [-0.15, -0.1) is 0 Å². The summed E-state index contributed by atoms with van der Waals surface area (Å²) in [4.78, 5) is -2.58. The molecule has 0 heterocycles. The van der Waals surface area contributed by atoms with Crippen LogP contribution in [0.15, 0.2) is 52.3 Å². The third-order valence-corrected chi connectivity index (χ3v) is 5.99. The largest absolute Gasteiger partial charge is 0.502 e. The van der Waals surface area contributed by atoms with Crippen molar-refractivity contribution in [2.75, 3.05) is 4.72 Å². The van der Waals surface area contributed by atoms with Gasteiger partial charge in [-0.25, -0.2) is 21.2 Å². The maximum absolute atomic E-state index is 13.6. The third-order valence-electron chi connectivity index (χ3n) is 3.11. The van der Waals surface area contributed by atoms with E-state index in [2.05, 4.69) is 4.72 Å². The molecular formula is C14H11F4NO4S2. The second-order valence-corrected chi connectivity index (χ2v) is 8.60. The molecule has 0 fully saturated rings. The van der Waals surface area contributed by atoms with Gasteiger partial charge in [-0.05, 0) is 37.3 Å². The SMILES string of the molecule is Cc1ccc(NS(=O)(=O)c2ccc(F)c(S(=O)(=O)C(F)(F)F)c2)cc1. The van der Waals surface area contributed by atoms with Crippen LogP contribution in [0.4, 0.5) is 23.2 Å². The summed E-state index contributed by atoms with van der Waals surface area (Å²) in [7, 11) is -10.5. The minimum Gasteiger partial charge on any atom is -0.280 e. The van der Waals surface area contributed by atoms with Crippen LogP contribution in [-0.2, 0) is 19.9 Å². The van der Waals surface area contributed by atoms with Crippen molar-refractivity contribution in [3.05, 3.63) is 53.8 Å². The third kappa shape index (κ3) is 3.93. The fraction of sp³-hybridized carbons (Fsp3) is 0.143. The molecule has 0 aliphatic rings. The molecule has 0 amide bonds. The molecule has 0 aliphatic carbocycles. The van der Waals surface area contributed by atoms with Gasteiger partial charge in [0, 0.05) is 5.69 Å². The molecule has 0 aliphatic heterocycles. The molecule has 2 aromatic rings. The highest BCUT2D eigenvalue weighted by atomic mass is 32.2. The van der Waals surface area contributed by atoms with Crippen LogP contribution in [-0.4, -0.2) is 22.3 Å². The normalized spacial score (nSPS) is 12.8. The van der Waals surface area contributed by atoms with E-state index in [1.165, 1.54) is 12.1 Å². The number of sulfonamides is 1. The van der Waals surface area contributed by atoms with Crippen molar-refractivity contribution in [2.24, 2.45) is 0 Å². The smallest absolute Gasteiger partial charge is 0.280 e. The Kier molecular flexibility index (Phi) is 4.83. The zero-order chi connectivity index (χ0) is 19.0. The summed E-state index contributed by atoms with van der Waals surface area (Å²) >= 11 is 0. The van der Waals surface area contributed by atoms with E-state index in [1.807, 2.05) is 0 Å². The van der Waals surface area contributed by atoms with E-state index in [0.717, 1.165) is 5.56 Å². The van der Waals surface area contributed by atoms with Crippen LogP contribution in [0.1, 0.15) is 5.56 Å². The molecule has 0 spiro atoms. The van der Waals surface area contributed by atoms with Crippen molar-refractivity contribution in [2.45, 2.75) is 22.2 Å². The van der Waals surface area contributed by atoms with Gasteiger partial charge in [0.25, 0.3) is 19.9 Å². The average Bonchev–Trinajstić information content (AvgIpc) is 2.48.